The summed E-state index contributed by atoms with van der Waals surface area (Å²) in [6.45, 7) is 3.90. The molecular formula is C15H15BrN2O3. The molecule has 1 aromatic heterocycles. The summed E-state index contributed by atoms with van der Waals surface area (Å²) in [6.07, 6.45) is -0.0650. The summed E-state index contributed by atoms with van der Waals surface area (Å²) in [6, 6.07) is 7.22. The van der Waals surface area contributed by atoms with E-state index in [-0.39, 0.29) is 12.1 Å². The maximum atomic E-state index is 12.1. The first kappa shape index (κ1) is 15.4. The first-order valence-electron chi connectivity index (χ1n) is 6.42. The average molecular weight is 351 g/mol. The Labute approximate surface area is 130 Å². The van der Waals surface area contributed by atoms with Crippen LogP contribution in [0, 0.1) is 13.8 Å². The van der Waals surface area contributed by atoms with Crippen LogP contribution in [0.1, 0.15) is 22.5 Å². The number of carboxylic acids is 1. The Morgan fingerprint density at radius 2 is 1.90 bits per heavy atom. The molecule has 0 aliphatic carbocycles. The van der Waals surface area contributed by atoms with Crippen molar-refractivity contribution in [1.82, 2.24) is 9.55 Å². The largest absolute Gasteiger partial charge is 0.481 e. The Morgan fingerprint density at radius 1 is 1.29 bits per heavy atom. The number of hydrogen-bond donors (Lipinski definition) is 1. The van der Waals surface area contributed by atoms with Crippen LogP contribution in [0.3, 0.4) is 0 Å². The van der Waals surface area contributed by atoms with E-state index in [0.717, 1.165) is 15.7 Å². The molecule has 110 valence electrons. The van der Waals surface area contributed by atoms with E-state index < -0.39 is 5.97 Å². The number of nitrogens with zero attached hydrogens (tertiary/aromatic N) is 2. The van der Waals surface area contributed by atoms with E-state index in [2.05, 4.69) is 20.9 Å². The van der Waals surface area contributed by atoms with Crippen molar-refractivity contribution in [3.63, 3.8) is 0 Å². The lowest BCUT2D eigenvalue weighted by Gasteiger charge is -2.14. The van der Waals surface area contributed by atoms with E-state index in [1.54, 1.807) is 19.1 Å². The van der Waals surface area contributed by atoms with Crippen molar-refractivity contribution in [2.24, 2.45) is 0 Å². The van der Waals surface area contributed by atoms with Crippen LogP contribution in [-0.2, 0) is 17.8 Å². The second kappa shape index (κ2) is 6.22. The maximum absolute atomic E-state index is 12.1. The van der Waals surface area contributed by atoms with Gasteiger partial charge in [0.1, 0.15) is 0 Å². The predicted molar refractivity (Wildman–Crippen MR) is 82.6 cm³/mol. The van der Waals surface area contributed by atoms with Gasteiger partial charge in [0.2, 0.25) is 0 Å². The number of aliphatic carboxylic acids is 1. The van der Waals surface area contributed by atoms with Gasteiger partial charge in [-0.3, -0.25) is 9.36 Å². The summed E-state index contributed by atoms with van der Waals surface area (Å²) in [4.78, 5) is 26.9. The molecule has 21 heavy (non-hydrogen) atoms. The van der Waals surface area contributed by atoms with Crippen molar-refractivity contribution < 1.29 is 9.90 Å². The van der Waals surface area contributed by atoms with E-state index in [9.17, 15) is 9.59 Å². The highest BCUT2D eigenvalue weighted by atomic mass is 79.9. The van der Waals surface area contributed by atoms with E-state index in [1.165, 1.54) is 4.57 Å². The standard InChI is InChI=1S/C15H15BrN2O3/c1-9-14(16)10(2)18(15(21)17-9)8-12-6-4-3-5-11(12)7-13(19)20/h3-6H,7-8H2,1-2H3,(H,19,20). The fourth-order valence-corrected chi connectivity index (χ4v) is 2.48. The number of carboxylic acid groups (broad SMARTS) is 1. The van der Waals surface area contributed by atoms with Crippen LogP contribution < -0.4 is 5.69 Å². The van der Waals surface area contributed by atoms with Gasteiger partial charge in [-0.15, -0.1) is 0 Å². The van der Waals surface area contributed by atoms with Crippen molar-refractivity contribution in [2.75, 3.05) is 0 Å². The Hall–Kier alpha value is -1.95. The van der Waals surface area contributed by atoms with Crippen molar-refractivity contribution >= 4 is 21.9 Å². The summed E-state index contributed by atoms with van der Waals surface area (Å²) < 4.78 is 2.33. The van der Waals surface area contributed by atoms with Gasteiger partial charge in [0, 0.05) is 5.69 Å². The number of rotatable bonds is 4. The number of aryl methyl sites for hydroxylation is 1. The molecule has 6 heteroatoms. The number of halogens is 1. The van der Waals surface area contributed by atoms with Crippen LogP contribution in [0.25, 0.3) is 0 Å². The molecule has 0 amide bonds. The number of hydrogen-bond acceptors (Lipinski definition) is 3. The molecule has 1 heterocycles. The maximum Gasteiger partial charge on any atom is 0.348 e. The van der Waals surface area contributed by atoms with Gasteiger partial charge in [0.05, 0.1) is 23.1 Å². The molecule has 0 unspecified atom stereocenters. The predicted octanol–water partition coefficient (Wildman–Crippen LogP) is 2.30. The highest BCUT2D eigenvalue weighted by molar-refractivity contribution is 9.10. The third kappa shape index (κ3) is 3.39. The molecule has 0 aliphatic heterocycles. The molecule has 5 nitrogen and oxygen atoms in total. The normalized spacial score (nSPS) is 10.6. The Balaban J connectivity index is 2.47. The number of carbonyl (C=O) groups is 1. The Bertz CT molecular complexity index is 753. The zero-order chi connectivity index (χ0) is 15.6. The van der Waals surface area contributed by atoms with Crippen LogP contribution in [0.2, 0.25) is 0 Å². The molecule has 2 aromatic rings. The molecule has 0 fully saturated rings. The molecular weight excluding hydrogens is 336 g/mol. The minimum absolute atomic E-state index is 0.0650. The second-order valence-electron chi connectivity index (χ2n) is 4.80. The molecule has 0 spiro atoms. The van der Waals surface area contributed by atoms with Gasteiger partial charge in [-0.25, -0.2) is 4.79 Å². The summed E-state index contributed by atoms with van der Waals surface area (Å²) in [5, 5.41) is 8.96. The summed E-state index contributed by atoms with van der Waals surface area (Å²) >= 11 is 3.42. The molecule has 0 aliphatic rings. The fraction of sp³-hybridized carbons (Fsp3) is 0.267. The number of benzene rings is 1. The Morgan fingerprint density at radius 3 is 2.52 bits per heavy atom. The van der Waals surface area contributed by atoms with Crippen molar-refractivity contribution in [3.05, 3.63) is 61.7 Å². The van der Waals surface area contributed by atoms with Crippen LogP contribution in [0.5, 0.6) is 0 Å². The first-order chi connectivity index (χ1) is 9.90. The third-order valence-electron chi connectivity index (χ3n) is 3.32. The monoisotopic (exact) mass is 350 g/mol. The lowest BCUT2D eigenvalue weighted by atomic mass is 10.0. The minimum Gasteiger partial charge on any atom is -0.481 e. The topological polar surface area (TPSA) is 72.2 Å². The third-order valence-corrected chi connectivity index (χ3v) is 4.47. The molecule has 0 atom stereocenters. The van der Waals surface area contributed by atoms with Crippen LogP contribution in [-0.4, -0.2) is 20.6 Å². The van der Waals surface area contributed by atoms with Gasteiger partial charge in [0.15, 0.2) is 0 Å². The lowest BCUT2D eigenvalue weighted by molar-refractivity contribution is -0.136. The molecule has 2 rings (SSSR count). The fourth-order valence-electron chi connectivity index (χ4n) is 2.18. The zero-order valence-electron chi connectivity index (χ0n) is 11.8. The zero-order valence-corrected chi connectivity index (χ0v) is 13.3. The summed E-state index contributed by atoms with van der Waals surface area (Å²) in [7, 11) is 0. The Kier molecular flexibility index (Phi) is 4.57. The van der Waals surface area contributed by atoms with Crippen LogP contribution in [0.15, 0.2) is 33.5 Å². The van der Waals surface area contributed by atoms with Crippen molar-refractivity contribution in [2.45, 2.75) is 26.8 Å². The van der Waals surface area contributed by atoms with Crippen molar-refractivity contribution in [3.8, 4) is 0 Å². The van der Waals surface area contributed by atoms with Crippen LogP contribution >= 0.6 is 15.9 Å². The molecule has 1 aromatic carbocycles. The van der Waals surface area contributed by atoms with Crippen LogP contribution in [0.4, 0.5) is 0 Å². The van der Waals surface area contributed by atoms with Gasteiger partial charge >= 0.3 is 11.7 Å². The number of aromatic nitrogens is 2. The van der Waals surface area contributed by atoms with Gasteiger partial charge < -0.3 is 5.11 Å². The smallest absolute Gasteiger partial charge is 0.348 e. The molecule has 0 bridgehead atoms. The molecule has 0 radical (unpaired) electrons. The lowest BCUT2D eigenvalue weighted by Crippen LogP contribution is -2.27. The summed E-state index contributed by atoms with van der Waals surface area (Å²) in [5.74, 6) is -0.894. The molecule has 0 saturated carbocycles. The van der Waals surface area contributed by atoms with E-state index >= 15 is 0 Å². The molecule has 0 saturated heterocycles. The van der Waals surface area contributed by atoms with E-state index in [4.69, 9.17) is 5.11 Å². The SMILES string of the molecule is Cc1nc(=O)n(Cc2ccccc2CC(=O)O)c(C)c1Br. The summed E-state index contributed by atoms with van der Waals surface area (Å²) in [5.41, 5.74) is 2.60. The highest BCUT2D eigenvalue weighted by Gasteiger charge is 2.12. The minimum atomic E-state index is -0.894. The quantitative estimate of drug-likeness (QED) is 0.918. The van der Waals surface area contributed by atoms with Gasteiger partial charge in [-0.05, 0) is 40.9 Å². The van der Waals surface area contributed by atoms with Gasteiger partial charge in [-0.2, -0.15) is 4.98 Å². The van der Waals surface area contributed by atoms with Gasteiger partial charge in [-0.1, -0.05) is 24.3 Å². The highest BCUT2D eigenvalue weighted by Crippen LogP contribution is 2.18. The molecule has 1 N–H and O–H groups in total. The second-order valence-corrected chi connectivity index (χ2v) is 5.60. The van der Waals surface area contributed by atoms with E-state index in [1.807, 2.05) is 19.1 Å². The van der Waals surface area contributed by atoms with Gasteiger partial charge in [0.25, 0.3) is 0 Å². The average Bonchev–Trinajstić information content (AvgIpc) is 2.42. The van der Waals surface area contributed by atoms with Crippen molar-refractivity contribution in [1.29, 1.82) is 0 Å². The first-order valence-corrected chi connectivity index (χ1v) is 7.21. The van der Waals surface area contributed by atoms with E-state index in [0.29, 0.717) is 17.8 Å².